The van der Waals surface area contributed by atoms with E-state index in [2.05, 4.69) is 5.32 Å². The first kappa shape index (κ1) is 27.2. The maximum Gasteiger partial charge on any atom is 0.328 e. The molecule has 0 saturated carbocycles. The molecule has 1 heterocycles. The fourth-order valence-corrected chi connectivity index (χ4v) is 4.34. The van der Waals surface area contributed by atoms with E-state index in [0.29, 0.717) is 36.1 Å². The first-order valence-corrected chi connectivity index (χ1v) is 12.9. The maximum absolute atomic E-state index is 12.7. The second kappa shape index (κ2) is 12.5. The van der Waals surface area contributed by atoms with Crippen molar-refractivity contribution in [2.45, 2.75) is 25.3 Å². The highest BCUT2D eigenvalue weighted by Crippen LogP contribution is 2.24. The molecule has 0 bridgehead atoms. The van der Waals surface area contributed by atoms with Crippen molar-refractivity contribution in [2.24, 2.45) is 0 Å². The molecule has 0 spiro atoms. The van der Waals surface area contributed by atoms with Gasteiger partial charge in [-0.1, -0.05) is 23.7 Å². The zero-order valence-electron chi connectivity index (χ0n) is 19.4. The second-order valence-corrected chi connectivity index (χ2v) is 9.30. The number of non-ortho nitro benzene ring substituents is 1. The summed E-state index contributed by atoms with van der Waals surface area (Å²) in [7, 11) is 0. The van der Waals surface area contributed by atoms with Gasteiger partial charge in [0.05, 0.1) is 33.2 Å². The molecule has 3 amide bonds. The van der Waals surface area contributed by atoms with Crippen molar-refractivity contribution in [3.63, 3.8) is 0 Å². The number of unbranched alkanes of at least 4 members (excludes halogenated alkanes) is 1. The summed E-state index contributed by atoms with van der Waals surface area (Å²) in [5.41, 5.74) is 0.519. The van der Waals surface area contributed by atoms with E-state index in [1.807, 2.05) is 6.26 Å². The number of esters is 1. The lowest BCUT2D eigenvalue weighted by molar-refractivity contribution is -0.384. The van der Waals surface area contributed by atoms with Crippen molar-refractivity contribution >= 4 is 52.7 Å². The van der Waals surface area contributed by atoms with Gasteiger partial charge in [0, 0.05) is 18.7 Å². The topological polar surface area (TPSA) is 136 Å². The van der Waals surface area contributed by atoms with Crippen LogP contribution in [0, 0.1) is 10.1 Å². The van der Waals surface area contributed by atoms with Crippen LogP contribution in [0.1, 0.15) is 50.3 Å². The molecule has 0 aromatic heterocycles. The number of fused-ring (bicyclic) bond motifs is 1. The van der Waals surface area contributed by atoms with Crippen molar-refractivity contribution in [1.82, 2.24) is 10.2 Å². The van der Waals surface area contributed by atoms with Crippen LogP contribution in [0.25, 0.3) is 0 Å². The van der Waals surface area contributed by atoms with Crippen molar-refractivity contribution < 1.29 is 28.8 Å². The number of carbonyl (C=O) groups is 4. The number of halogens is 1. The Labute approximate surface area is 216 Å². The molecule has 2 aromatic rings. The van der Waals surface area contributed by atoms with E-state index in [-0.39, 0.29) is 41.2 Å². The smallest absolute Gasteiger partial charge is 0.328 e. The highest BCUT2D eigenvalue weighted by Gasteiger charge is 2.34. The summed E-state index contributed by atoms with van der Waals surface area (Å²) < 4.78 is 5.33. The van der Waals surface area contributed by atoms with Crippen molar-refractivity contribution in [3.8, 4) is 0 Å². The van der Waals surface area contributed by atoms with Gasteiger partial charge in [0.25, 0.3) is 23.4 Å². The van der Waals surface area contributed by atoms with Gasteiger partial charge in [0.2, 0.25) is 0 Å². The molecule has 1 aliphatic heterocycles. The SMILES string of the molecule is CSCC[C@@H](NC(=O)c1ccc([N+](=O)[O-])cc1Cl)C(=O)OCCCCN1C(=O)c2ccccc2C1=O. The van der Waals surface area contributed by atoms with Gasteiger partial charge >= 0.3 is 5.97 Å². The normalized spacial score (nSPS) is 13.3. The van der Waals surface area contributed by atoms with Crippen molar-refractivity contribution in [2.75, 3.05) is 25.2 Å². The van der Waals surface area contributed by atoms with Gasteiger partial charge in [0.15, 0.2) is 0 Å². The number of nitrogens with zero attached hydrogens (tertiary/aromatic N) is 2. The van der Waals surface area contributed by atoms with Crippen LogP contribution in [-0.2, 0) is 9.53 Å². The number of nitro benzene ring substituents is 1. The van der Waals surface area contributed by atoms with Crippen LogP contribution >= 0.6 is 23.4 Å². The molecule has 0 fully saturated rings. The highest BCUT2D eigenvalue weighted by atomic mass is 35.5. The van der Waals surface area contributed by atoms with E-state index in [0.717, 1.165) is 12.1 Å². The van der Waals surface area contributed by atoms with Gasteiger partial charge in [-0.05, 0) is 49.5 Å². The third-order valence-corrected chi connectivity index (χ3v) is 6.46. The molecule has 0 unspecified atom stereocenters. The van der Waals surface area contributed by atoms with Gasteiger partial charge in [-0.2, -0.15) is 11.8 Å². The van der Waals surface area contributed by atoms with Crippen LogP contribution in [0.5, 0.6) is 0 Å². The summed E-state index contributed by atoms with van der Waals surface area (Å²) in [5, 5.41) is 13.4. The first-order chi connectivity index (χ1) is 17.2. The Kier molecular flexibility index (Phi) is 9.43. The minimum atomic E-state index is -0.938. The van der Waals surface area contributed by atoms with Crippen LogP contribution in [0.15, 0.2) is 42.5 Å². The number of hydrogen-bond acceptors (Lipinski definition) is 8. The number of hydrogen-bond donors (Lipinski definition) is 1. The third kappa shape index (κ3) is 6.41. The highest BCUT2D eigenvalue weighted by molar-refractivity contribution is 7.98. The number of carbonyl (C=O) groups excluding carboxylic acids is 4. The van der Waals surface area contributed by atoms with Crippen LogP contribution < -0.4 is 5.32 Å². The standard InChI is InChI=1S/C24H24ClN3O7S/c1-36-13-10-20(26-21(29)18-9-8-15(28(33)34)14-19(18)25)24(32)35-12-5-4-11-27-22(30)16-6-2-3-7-17(16)23(27)31/h2-3,6-9,14,20H,4-5,10-13H2,1H3,(H,26,29)/t20-/m1/s1. The molecule has 12 heteroatoms. The number of thioether (sulfide) groups is 1. The minimum absolute atomic E-state index is 0.00478. The fourth-order valence-electron chi connectivity index (χ4n) is 3.61. The number of nitrogens with one attached hydrogen (secondary N) is 1. The predicted octanol–water partition coefficient (Wildman–Crippen LogP) is 3.72. The Morgan fingerprint density at radius 2 is 1.81 bits per heavy atom. The molecule has 36 heavy (non-hydrogen) atoms. The minimum Gasteiger partial charge on any atom is -0.464 e. The monoisotopic (exact) mass is 533 g/mol. The molecule has 10 nitrogen and oxygen atoms in total. The van der Waals surface area contributed by atoms with E-state index >= 15 is 0 Å². The van der Waals surface area contributed by atoms with Crippen LogP contribution in [0.4, 0.5) is 5.69 Å². The lowest BCUT2D eigenvalue weighted by Crippen LogP contribution is -2.42. The largest absolute Gasteiger partial charge is 0.464 e. The number of ether oxygens (including phenoxy) is 1. The molecule has 3 rings (SSSR count). The number of nitro groups is 1. The van der Waals surface area contributed by atoms with E-state index in [1.54, 1.807) is 24.3 Å². The molecule has 0 radical (unpaired) electrons. The Morgan fingerprint density at radius 1 is 1.14 bits per heavy atom. The molecule has 0 saturated heterocycles. The molecular formula is C24H24ClN3O7S. The summed E-state index contributed by atoms with van der Waals surface area (Å²) >= 11 is 7.51. The van der Waals surface area contributed by atoms with Crippen LogP contribution in [-0.4, -0.2) is 64.7 Å². The Balaban J connectivity index is 1.50. The molecular weight excluding hydrogens is 510 g/mol. The van der Waals surface area contributed by atoms with Crippen LogP contribution in [0.3, 0.4) is 0 Å². The van der Waals surface area contributed by atoms with Gasteiger partial charge in [-0.25, -0.2) is 4.79 Å². The summed E-state index contributed by atoms with van der Waals surface area (Å²) in [4.78, 5) is 61.5. The summed E-state index contributed by atoms with van der Waals surface area (Å²) in [6.45, 7) is 0.251. The van der Waals surface area contributed by atoms with E-state index in [9.17, 15) is 29.3 Å². The molecule has 1 N–H and O–H groups in total. The molecule has 1 aliphatic rings. The third-order valence-electron chi connectivity index (χ3n) is 5.51. The lowest BCUT2D eigenvalue weighted by Gasteiger charge is -2.18. The van der Waals surface area contributed by atoms with E-state index in [4.69, 9.17) is 16.3 Å². The number of amides is 3. The number of imide groups is 1. The fraction of sp³-hybridized carbons (Fsp3) is 0.333. The Hall–Kier alpha value is -3.44. The summed E-state index contributed by atoms with van der Waals surface area (Å²) in [5.74, 6) is -1.37. The maximum atomic E-state index is 12.7. The lowest BCUT2D eigenvalue weighted by atomic mass is 10.1. The summed E-state index contributed by atoms with van der Waals surface area (Å²) in [6.07, 6.45) is 3.03. The number of rotatable bonds is 12. The van der Waals surface area contributed by atoms with E-state index in [1.165, 1.54) is 22.7 Å². The second-order valence-electron chi connectivity index (χ2n) is 7.91. The van der Waals surface area contributed by atoms with Gasteiger partial charge in [0.1, 0.15) is 6.04 Å². The zero-order chi connectivity index (χ0) is 26.2. The van der Waals surface area contributed by atoms with Gasteiger partial charge < -0.3 is 10.1 Å². The predicted molar refractivity (Wildman–Crippen MR) is 134 cm³/mol. The quantitative estimate of drug-likeness (QED) is 0.143. The average Bonchev–Trinajstić information content (AvgIpc) is 3.10. The zero-order valence-corrected chi connectivity index (χ0v) is 21.0. The Morgan fingerprint density at radius 3 is 2.39 bits per heavy atom. The Bertz CT molecular complexity index is 1160. The van der Waals surface area contributed by atoms with Crippen LogP contribution in [0.2, 0.25) is 5.02 Å². The molecule has 2 aromatic carbocycles. The van der Waals surface area contributed by atoms with Gasteiger partial charge in [-0.3, -0.25) is 29.4 Å². The van der Waals surface area contributed by atoms with Crippen molar-refractivity contribution in [3.05, 3.63) is 74.3 Å². The number of benzene rings is 2. The van der Waals surface area contributed by atoms with Crippen molar-refractivity contribution in [1.29, 1.82) is 0 Å². The average molecular weight is 534 g/mol. The summed E-state index contributed by atoms with van der Waals surface area (Å²) in [6, 6.07) is 9.15. The molecule has 1 atom stereocenters. The first-order valence-electron chi connectivity index (χ1n) is 11.1. The molecule has 0 aliphatic carbocycles. The molecule has 190 valence electrons. The van der Waals surface area contributed by atoms with E-state index < -0.39 is 22.8 Å². The van der Waals surface area contributed by atoms with Gasteiger partial charge in [-0.15, -0.1) is 0 Å².